The van der Waals surface area contributed by atoms with Gasteiger partial charge >= 0.3 is 0 Å². The summed E-state index contributed by atoms with van der Waals surface area (Å²) in [5, 5.41) is 15.4. The zero-order valence-electron chi connectivity index (χ0n) is 19.5. The summed E-state index contributed by atoms with van der Waals surface area (Å²) in [6.45, 7) is 9.47. The van der Waals surface area contributed by atoms with E-state index in [0.717, 1.165) is 5.57 Å². The van der Waals surface area contributed by atoms with Crippen LogP contribution in [0.3, 0.4) is 0 Å². The number of aliphatic hydroxyl groups is 1. The van der Waals surface area contributed by atoms with Crippen molar-refractivity contribution in [2.24, 2.45) is 5.10 Å². The molecule has 1 aliphatic heterocycles. The predicted octanol–water partition coefficient (Wildman–Crippen LogP) is 3.72. The van der Waals surface area contributed by atoms with Crippen LogP contribution in [0.15, 0.2) is 41.6 Å². The monoisotopic (exact) mass is 487 g/mol. The lowest BCUT2D eigenvalue weighted by molar-refractivity contribution is -0.114. The number of hydrazone groups is 1. The second kappa shape index (κ2) is 10.3. The fourth-order valence-electron chi connectivity index (χ4n) is 4.00. The summed E-state index contributed by atoms with van der Waals surface area (Å²) < 4.78 is 15.2. The van der Waals surface area contributed by atoms with E-state index in [0.29, 0.717) is 34.9 Å². The van der Waals surface area contributed by atoms with Crippen molar-refractivity contribution in [2.45, 2.75) is 26.7 Å². The molecule has 1 aliphatic rings. The summed E-state index contributed by atoms with van der Waals surface area (Å²) in [4.78, 5) is 31.7. The van der Waals surface area contributed by atoms with E-state index in [9.17, 15) is 14.7 Å². The number of benzene rings is 1. The van der Waals surface area contributed by atoms with Crippen molar-refractivity contribution >= 4 is 41.1 Å². The highest BCUT2D eigenvalue weighted by Gasteiger charge is 2.35. The molecule has 1 aromatic carbocycles. The Hall–Kier alpha value is -3.30. The fraction of sp³-hybridized carbons (Fsp3) is 0.333. The summed E-state index contributed by atoms with van der Waals surface area (Å²) >= 11 is 6.39. The molecule has 3 rings (SSSR count). The van der Waals surface area contributed by atoms with Crippen molar-refractivity contribution in [2.75, 3.05) is 36.7 Å². The number of pyridine rings is 1. The average Bonchev–Trinajstić information content (AvgIpc) is 2.79. The number of aliphatic hydroxyl groups excluding tert-OH is 1. The van der Waals surface area contributed by atoms with Gasteiger partial charge in [-0.2, -0.15) is 5.10 Å². The number of amidine groups is 1. The lowest BCUT2D eigenvalue weighted by Gasteiger charge is -2.36. The summed E-state index contributed by atoms with van der Waals surface area (Å²) in [6.07, 6.45) is 2.11. The van der Waals surface area contributed by atoms with Gasteiger partial charge in [-0.25, -0.2) is 4.39 Å². The van der Waals surface area contributed by atoms with Gasteiger partial charge in [0.25, 0.3) is 5.91 Å². The van der Waals surface area contributed by atoms with Crippen LogP contribution in [0, 0.1) is 12.7 Å². The maximum Gasteiger partial charge on any atom is 0.258 e. The van der Waals surface area contributed by atoms with Crippen LogP contribution < -0.4 is 9.91 Å². The highest BCUT2D eigenvalue weighted by molar-refractivity contribution is 6.34. The topological polar surface area (TPSA) is 89.3 Å². The minimum Gasteiger partial charge on any atom is -0.388 e. The maximum absolute atomic E-state index is 15.2. The molecule has 10 heteroatoms. The number of likely N-dealkylation sites (N-methyl/N-ethyl adjacent to an activating group) is 1. The van der Waals surface area contributed by atoms with Crippen LogP contribution in [-0.4, -0.2) is 59.9 Å². The molecular formula is C24H27ClFN5O3. The molecule has 1 N–H and O–H groups in total. The third-order valence-electron chi connectivity index (χ3n) is 5.81. The van der Waals surface area contributed by atoms with Crippen molar-refractivity contribution in [1.29, 1.82) is 0 Å². The highest BCUT2D eigenvalue weighted by atomic mass is 35.5. The molecule has 0 fully saturated rings. The number of aryl methyl sites for hydroxylation is 1. The van der Waals surface area contributed by atoms with Crippen LogP contribution >= 0.6 is 11.6 Å². The predicted molar refractivity (Wildman–Crippen MR) is 131 cm³/mol. The van der Waals surface area contributed by atoms with Gasteiger partial charge in [0.05, 0.1) is 22.1 Å². The van der Waals surface area contributed by atoms with E-state index >= 15 is 4.39 Å². The van der Waals surface area contributed by atoms with Gasteiger partial charge in [0.2, 0.25) is 6.41 Å². The molecule has 2 heterocycles. The van der Waals surface area contributed by atoms with Crippen LogP contribution in [0.1, 0.15) is 41.4 Å². The lowest BCUT2D eigenvalue weighted by atomic mass is 9.84. The molecule has 2 amide bonds. The zero-order chi connectivity index (χ0) is 25.2. The standard InChI is InChI=1S/C24H27ClFN5O3/c1-6-30(13-33)22(12-32)28-29(5)21-10-16-17(9-20(21)26)24(34)31(11-18(16)14(2)3)23-15(4)27-8-7-19(23)25/h7-10,13,18,32H,2,6,11-12H2,1,3-5H3/b28-22-. The van der Waals surface area contributed by atoms with Crippen molar-refractivity contribution in [3.8, 4) is 0 Å². The highest BCUT2D eigenvalue weighted by Crippen LogP contribution is 2.40. The van der Waals surface area contributed by atoms with E-state index in [-0.39, 0.29) is 29.5 Å². The first-order valence-electron chi connectivity index (χ1n) is 10.7. The fourth-order valence-corrected chi connectivity index (χ4v) is 4.29. The first-order chi connectivity index (χ1) is 16.1. The Morgan fingerprint density at radius 1 is 1.47 bits per heavy atom. The molecule has 180 valence electrons. The number of carbonyl (C=O) groups is 2. The molecule has 0 bridgehead atoms. The number of hydrogen-bond donors (Lipinski definition) is 1. The minimum atomic E-state index is -0.680. The van der Waals surface area contributed by atoms with Crippen molar-refractivity contribution < 1.29 is 19.1 Å². The molecule has 2 aromatic rings. The van der Waals surface area contributed by atoms with Gasteiger partial charge in [0.15, 0.2) is 5.84 Å². The van der Waals surface area contributed by atoms with E-state index in [4.69, 9.17) is 11.6 Å². The average molecular weight is 488 g/mol. The zero-order valence-corrected chi connectivity index (χ0v) is 20.3. The number of carbonyl (C=O) groups excluding carboxylic acids is 2. The third kappa shape index (κ3) is 4.67. The Morgan fingerprint density at radius 2 is 2.18 bits per heavy atom. The van der Waals surface area contributed by atoms with E-state index in [2.05, 4.69) is 16.7 Å². The van der Waals surface area contributed by atoms with Crippen LogP contribution in [0.5, 0.6) is 0 Å². The quantitative estimate of drug-likeness (QED) is 0.211. The Bertz CT molecular complexity index is 1150. The molecule has 1 atom stereocenters. The molecule has 0 aliphatic carbocycles. The van der Waals surface area contributed by atoms with Crippen LogP contribution in [0.25, 0.3) is 0 Å². The van der Waals surface area contributed by atoms with Crippen molar-refractivity contribution in [1.82, 2.24) is 9.88 Å². The Kier molecular flexibility index (Phi) is 7.68. The SMILES string of the molecule is C=C(C)C1CN(c2c(Cl)ccnc2C)C(=O)c2cc(F)c(N(C)/N=C(/CO)N(C=O)CC)cc21. The number of hydrogen-bond acceptors (Lipinski definition) is 6. The largest absolute Gasteiger partial charge is 0.388 e. The van der Waals surface area contributed by atoms with Gasteiger partial charge in [0.1, 0.15) is 12.4 Å². The smallest absolute Gasteiger partial charge is 0.258 e. The molecule has 0 saturated heterocycles. The van der Waals surface area contributed by atoms with E-state index < -0.39 is 18.3 Å². The van der Waals surface area contributed by atoms with E-state index in [1.807, 2.05) is 6.92 Å². The van der Waals surface area contributed by atoms with Crippen LogP contribution in [0.2, 0.25) is 5.02 Å². The van der Waals surface area contributed by atoms with Gasteiger partial charge in [-0.15, -0.1) is 0 Å². The van der Waals surface area contributed by atoms with Crippen molar-refractivity contribution in [3.63, 3.8) is 0 Å². The lowest BCUT2D eigenvalue weighted by Crippen LogP contribution is -2.41. The summed E-state index contributed by atoms with van der Waals surface area (Å²) in [6, 6.07) is 4.35. The van der Waals surface area contributed by atoms with Crippen LogP contribution in [-0.2, 0) is 4.79 Å². The van der Waals surface area contributed by atoms with Crippen molar-refractivity contribution in [3.05, 3.63) is 64.2 Å². The maximum atomic E-state index is 15.2. The second-order valence-corrected chi connectivity index (χ2v) is 8.43. The van der Waals surface area contributed by atoms with E-state index in [1.54, 1.807) is 32.2 Å². The van der Waals surface area contributed by atoms with Crippen LogP contribution in [0.4, 0.5) is 15.8 Å². The molecule has 34 heavy (non-hydrogen) atoms. The first kappa shape index (κ1) is 25.3. The first-order valence-corrected chi connectivity index (χ1v) is 11.1. The third-order valence-corrected chi connectivity index (χ3v) is 6.12. The van der Waals surface area contributed by atoms with Gasteiger partial charge in [-0.3, -0.25) is 24.5 Å². The molecule has 0 spiro atoms. The molecule has 0 saturated carbocycles. The Balaban J connectivity index is 2.11. The Labute approximate surface area is 202 Å². The van der Waals surface area contributed by atoms with E-state index in [1.165, 1.54) is 27.9 Å². The van der Waals surface area contributed by atoms with Gasteiger partial charge in [-0.05, 0) is 44.5 Å². The summed E-state index contributed by atoms with van der Waals surface area (Å²) in [7, 11) is 1.50. The summed E-state index contributed by atoms with van der Waals surface area (Å²) in [5.41, 5.74) is 2.76. The number of fused-ring (bicyclic) bond motifs is 1. The molecule has 1 aromatic heterocycles. The summed E-state index contributed by atoms with van der Waals surface area (Å²) in [5.74, 6) is -1.30. The number of amides is 2. The minimum absolute atomic E-state index is 0.0671. The number of nitrogens with zero attached hydrogens (tertiary/aromatic N) is 5. The van der Waals surface area contributed by atoms with Gasteiger partial charge in [0, 0.05) is 37.8 Å². The Morgan fingerprint density at radius 3 is 2.74 bits per heavy atom. The number of halogens is 2. The molecule has 0 radical (unpaired) electrons. The number of aromatic nitrogens is 1. The molecular weight excluding hydrogens is 461 g/mol. The number of anilines is 2. The molecule has 1 unspecified atom stereocenters. The molecule has 8 nitrogen and oxygen atoms in total. The second-order valence-electron chi connectivity index (χ2n) is 8.02. The van der Waals surface area contributed by atoms with Gasteiger partial charge in [-0.1, -0.05) is 23.8 Å². The normalized spacial score (nSPS) is 15.7. The van der Waals surface area contributed by atoms with Gasteiger partial charge < -0.3 is 10.0 Å². The number of rotatable bonds is 7.